The molecule has 1 heterocycles. The second-order valence-corrected chi connectivity index (χ2v) is 4.74. The lowest BCUT2D eigenvalue weighted by Crippen LogP contribution is -2.30. The zero-order valence-corrected chi connectivity index (χ0v) is 10.4. The van der Waals surface area contributed by atoms with Crippen LogP contribution in [0.5, 0.6) is 5.75 Å². The topological polar surface area (TPSA) is 41.5 Å². The fraction of sp³-hybridized carbons (Fsp3) is 0.571. The molecule has 1 aliphatic heterocycles. The molecule has 2 N–H and O–H groups in total. The van der Waals surface area contributed by atoms with Gasteiger partial charge >= 0.3 is 0 Å². The molecule has 1 saturated heterocycles. The Morgan fingerprint density at radius 2 is 2.41 bits per heavy atom. The van der Waals surface area contributed by atoms with Gasteiger partial charge < -0.3 is 15.2 Å². The van der Waals surface area contributed by atoms with E-state index in [1.54, 1.807) is 7.11 Å². The van der Waals surface area contributed by atoms with E-state index in [-0.39, 0.29) is 6.10 Å². The van der Waals surface area contributed by atoms with E-state index in [1.165, 1.54) is 12.8 Å². The van der Waals surface area contributed by atoms with Gasteiger partial charge in [0.25, 0.3) is 0 Å². The lowest BCUT2D eigenvalue weighted by molar-refractivity contribution is 0.135. The van der Waals surface area contributed by atoms with E-state index in [0.29, 0.717) is 5.92 Å². The molecule has 1 aliphatic rings. The van der Waals surface area contributed by atoms with Gasteiger partial charge in [0.15, 0.2) is 0 Å². The van der Waals surface area contributed by atoms with Crippen molar-refractivity contribution in [2.24, 2.45) is 5.92 Å². The molecule has 0 aliphatic carbocycles. The molecule has 1 aromatic rings. The van der Waals surface area contributed by atoms with Crippen molar-refractivity contribution >= 4 is 0 Å². The molecular weight excluding hydrogens is 214 g/mol. The van der Waals surface area contributed by atoms with Crippen molar-refractivity contribution in [2.75, 3.05) is 20.2 Å². The Bertz CT molecular complexity index is 348. The number of hydrogen-bond donors (Lipinski definition) is 2. The molecule has 0 saturated carbocycles. The average molecular weight is 235 g/mol. The standard InChI is InChI=1S/C14H21NO2/c1-17-13-6-2-5-12(9-13)14(16)8-11-4-3-7-15-10-11/h2,5-6,9,11,14-16H,3-4,7-8,10H2,1H3. The Labute approximate surface area is 103 Å². The van der Waals surface area contributed by atoms with Crippen molar-refractivity contribution in [3.8, 4) is 5.75 Å². The SMILES string of the molecule is COc1cccc(C(O)CC2CCCNC2)c1. The second-order valence-electron chi connectivity index (χ2n) is 4.74. The van der Waals surface area contributed by atoms with Crippen LogP contribution < -0.4 is 10.1 Å². The summed E-state index contributed by atoms with van der Waals surface area (Å²) >= 11 is 0. The molecule has 3 heteroatoms. The molecule has 17 heavy (non-hydrogen) atoms. The minimum absolute atomic E-state index is 0.380. The first-order valence-electron chi connectivity index (χ1n) is 6.32. The molecule has 1 fully saturated rings. The first-order chi connectivity index (χ1) is 8.29. The van der Waals surface area contributed by atoms with Crippen molar-refractivity contribution < 1.29 is 9.84 Å². The van der Waals surface area contributed by atoms with Gasteiger partial charge in [-0.1, -0.05) is 12.1 Å². The molecule has 2 atom stereocenters. The molecule has 0 spiro atoms. The number of hydrogen-bond acceptors (Lipinski definition) is 3. The van der Waals surface area contributed by atoms with Crippen LogP contribution in [0.25, 0.3) is 0 Å². The lowest BCUT2D eigenvalue weighted by Gasteiger charge is -2.25. The minimum atomic E-state index is -0.380. The number of benzene rings is 1. The van der Waals surface area contributed by atoms with Crippen molar-refractivity contribution in [3.05, 3.63) is 29.8 Å². The van der Waals surface area contributed by atoms with Crippen molar-refractivity contribution in [2.45, 2.75) is 25.4 Å². The summed E-state index contributed by atoms with van der Waals surface area (Å²) < 4.78 is 5.17. The minimum Gasteiger partial charge on any atom is -0.497 e. The van der Waals surface area contributed by atoms with Gasteiger partial charge in [0, 0.05) is 0 Å². The van der Waals surface area contributed by atoms with Crippen LogP contribution in [0.3, 0.4) is 0 Å². The highest BCUT2D eigenvalue weighted by molar-refractivity contribution is 5.29. The van der Waals surface area contributed by atoms with E-state index in [9.17, 15) is 5.11 Å². The fourth-order valence-corrected chi connectivity index (χ4v) is 2.43. The van der Waals surface area contributed by atoms with Crippen LogP contribution in [0.4, 0.5) is 0 Å². The van der Waals surface area contributed by atoms with Crippen molar-refractivity contribution in [1.82, 2.24) is 5.32 Å². The third-order valence-corrected chi connectivity index (χ3v) is 3.43. The number of aliphatic hydroxyl groups is 1. The second kappa shape index (κ2) is 6.03. The summed E-state index contributed by atoms with van der Waals surface area (Å²) in [5.41, 5.74) is 0.954. The van der Waals surface area contributed by atoms with Crippen LogP contribution in [0.2, 0.25) is 0 Å². The van der Waals surface area contributed by atoms with Gasteiger partial charge in [0.2, 0.25) is 0 Å². The number of nitrogens with one attached hydrogen (secondary N) is 1. The first-order valence-corrected chi connectivity index (χ1v) is 6.32. The molecule has 1 aromatic carbocycles. The van der Waals surface area contributed by atoms with E-state index in [2.05, 4.69) is 5.32 Å². The lowest BCUT2D eigenvalue weighted by atomic mass is 9.91. The summed E-state index contributed by atoms with van der Waals surface area (Å²) in [6.07, 6.45) is 2.89. The zero-order valence-electron chi connectivity index (χ0n) is 10.4. The predicted octanol–water partition coefficient (Wildman–Crippen LogP) is 2.12. The van der Waals surface area contributed by atoms with Gasteiger partial charge in [0.1, 0.15) is 5.75 Å². The van der Waals surface area contributed by atoms with E-state index < -0.39 is 0 Å². The van der Waals surface area contributed by atoms with Crippen LogP contribution >= 0.6 is 0 Å². The van der Waals surface area contributed by atoms with E-state index in [0.717, 1.165) is 30.8 Å². The van der Waals surface area contributed by atoms with Crippen molar-refractivity contribution in [1.29, 1.82) is 0 Å². The number of methoxy groups -OCH3 is 1. The summed E-state index contributed by atoms with van der Waals surface area (Å²) in [6, 6.07) is 7.71. The third kappa shape index (κ3) is 3.45. The molecule has 2 unspecified atom stereocenters. The number of ether oxygens (including phenoxy) is 1. The molecule has 2 rings (SSSR count). The summed E-state index contributed by atoms with van der Waals surface area (Å²) in [7, 11) is 1.65. The highest BCUT2D eigenvalue weighted by atomic mass is 16.5. The Morgan fingerprint density at radius 3 is 3.12 bits per heavy atom. The number of piperidine rings is 1. The quantitative estimate of drug-likeness (QED) is 0.840. The van der Waals surface area contributed by atoms with Gasteiger partial charge in [-0.25, -0.2) is 0 Å². The molecule has 94 valence electrons. The fourth-order valence-electron chi connectivity index (χ4n) is 2.43. The van der Waals surface area contributed by atoms with Gasteiger partial charge in [-0.2, -0.15) is 0 Å². The van der Waals surface area contributed by atoms with Crippen LogP contribution in [-0.4, -0.2) is 25.3 Å². The van der Waals surface area contributed by atoms with E-state index in [4.69, 9.17) is 4.74 Å². The predicted molar refractivity (Wildman–Crippen MR) is 68.2 cm³/mol. The van der Waals surface area contributed by atoms with Crippen LogP contribution in [0.1, 0.15) is 30.9 Å². The van der Waals surface area contributed by atoms with Crippen molar-refractivity contribution in [3.63, 3.8) is 0 Å². The normalized spacial score (nSPS) is 22.1. The highest BCUT2D eigenvalue weighted by Gasteiger charge is 2.18. The monoisotopic (exact) mass is 235 g/mol. The maximum atomic E-state index is 10.2. The van der Waals surface area contributed by atoms with Crippen LogP contribution in [0, 0.1) is 5.92 Å². The number of rotatable bonds is 4. The van der Waals surface area contributed by atoms with Gasteiger partial charge in [0.05, 0.1) is 13.2 Å². The van der Waals surface area contributed by atoms with E-state index >= 15 is 0 Å². The van der Waals surface area contributed by atoms with Gasteiger partial charge in [-0.05, 0) is 56.0 Å². The summed E-state index contributed by atoms with van der Waals surface area (Å²) in [4.78, 5) is 0. The highest BCUT2D eigenvalue weighted by Crippen LogP contribution is 2.27. The summed E-state index contributed by atoms with van der Waals surface area (Å²) in [5.74, 6) is 1.40. The summed E-state index contributed by atoms with van der Waals surface area (Å²) in [6.45, 7) is 2.15. The van der Waals surface area contributed by atoms with Crippen LogP contribution in [-0.2, 0) is 0 Å². The molecule has 0 aromatic heterocycles. The number of aliphatic hydroxyl groups excluding tert-OH is 1. The van der Waals surface area contributed by atoms with E-state index in [1.807, 2.05) is 24.3 Å². The average Bonchev–Trinajstić information content (AvgIpc) is 2.40. The first kappa shape index (κ1) is 12.4. The molecule has 3 nitrogen and oxygen atoms in total. The smallest absolute Gasteiger partial charge is 0.119 e. The molecule has 0 amide bonds. The Hall–Kier alpha value is -1.06. The van der Waals surface area contributed by atoms with Crippen LogP contribution in [0.15, 0.2) is 24.3 Å². The Morgan fingerprint density at radius 1 is 1.53 bits per heavy atom. The molecule has 0 bridgehead atoms. The maximum absolute atomic E-state index is 10.2. The summed E-state index contributed by atoms with van der Waals surface area (Å²) in [5, 5.41) is 13.6. The zero-order chi connectivity index (χ0) is 12.1. The van der Waals surface area contributed by atoms with Gasteiger partial charge in [-0.15, -0.1) is 0 Å². The third-order valence-electron chi connectivity index (χ3n) is 3.43. The molecular formula is C14H21NO2. The molecule has 0 radical (unpaired) electrons. The van der Waals surface area contributed by atoms with Gasteiger partial charge in [-0.3, -0.25) is 0 Å². The Balaban J connectivity index is 1.95. The maximum Gasteiger partial charge on any atom is 0.119 e. The Kier molecular flexibility index (Phi) is 4.40. The largest absolute Gasteiger partial charge is 0.497 e.